The highest BCUT2D eigenvalue weighted by Crippen LogP contribution is 2.32. The largest absolute Gasteiger partial charge is 0.377 e. The predicted octanol–water partition coefficient (Wildman–Crippen LogP) is 2.34. The van der Waals surface area contributed by atoms with Gasteiger partial charge in [0.05, 0.1) is 16.6 Å². The van der Waals surface area contributed by atoms with Crippen molar-refractivity contribution in [1.29, 1.82) is 5.26 Å². The van der Waals surface area contributed by atoms with Crippen molar-refractivity contribution in [2.45, 2.75) is 50.6 Å². The summed E-state index contributed by atoms with van der Waals surface area (Å²) in [4.78, 5) is 35.8. The number of likely N-dealkylation sites (tertiary alicyclic amines) is 1. The summed E-state index contributed by atoms with van der Waals surface area (Å²) in [6.45, 7) is 0. The molecule has 1 N–H and O–H groups in total. The van der Waals surface area contributed by atoms with Crippen LogP contribution in [0.2, 0.25) is 0 Å². The van der Waals surface area contributed by atoms with Crippen LogP contribution in [0.3, 0.4) is 0 Å². The van der Waals surface area contributed by atoms with E-state index in [-0.39, 0.29) is 35.1 Å². The fraction of sp³-hybridized carbons (Fsp3) is 0.471. The Balaban J connectivity index is 1.65. The van der Waals surface area contributed by atoms with Crippen molar-refractivity contribution in [1.82, 2.24) is 4.90 Å². The number of nitro groups is 1. The van der Waals surface area contributed by atoms with Crippen LogP contribution in [-0.4, -0.2) is 33.7 Å². The van der Waals surface area contributed by atoms with E-state index in [2.05, 4.69) is 5.32 Å². The second kappa shape index (κ2) is 6.89. The van der Waals surface area contributed by atoms with E-state index >= 15 is 0 Å². The molecule has 2 aliphatic rings. The van der Waals surface area contributed by atoms with E-state index in [1.54, 1.807) is 12.1 Å². The zero-order valence-corrected chi connectivity index (χ0v) is 13.6. The summed E-state index contributed by atoms with van der Waals surface area (Å²) in [5, 5.41) is 23.3. The summed E-state index contributed by atoms with van der Waals surface area (Å²) < 4.78 is 0. The lowest BCUT2D eigenvalue weighted by atomic mass is 9.90. The Labute approximate surface area is 144 Å². The number of carbonyl (C=O) groups excluding carboxylic acids is 2. The van der Waals surface area contributed by atoms with Crippen LogP contribution in [0.1, 0.15) is 44.1 Å². The first kappa shape index (κ1) is 16.9. The quantitative estimate of drug-likeness (QED) is 0.510. The molecule has 2 amide bonds. The fourth-order valence-corrected chi connectivity index (χ4v) is 3.57. The number of nitro benzene ring substituents is 1. The number of hydrogen-bond donors (Lipinski definition) is 1. The topological polar surface area (TPSA) is 116 Å². The molecular weight excluding hydrogens is 324 g/mol. The van der Waals surface area contributed by atoms with Gasteiger partial charge in [0.25, 0.3) is 5.69 Å². The van der Waals surface area contributed by atoms with Crippen LogP contribution in [0.15, 0.2) is 18.2 Å². The minimum atomic E-state index is -0.504. The molecule has 1 aliphatic heterocycles. The van der Waals surface area contributed by atoms with E-state index in [0.717, 1.165) is 12.8 Å². The highest BCUT2D eigenvalue weighted by molar-refractivity contribution is 6.02. The Morgan fingerprint density at radius 3 is 2.36 bits per heavy atom. The lowest BCUT2D eigenvalue weighted by Crippen LogP contribution is -2.43. The summed E-state index contributed by atoms with van der Waals surface area (Å²) in [7, 11) is 0. The summed E-state index contributed by atoms with van der Waals surface area (Å²) in [6.07, 6.45) is 3.43. The van der Waals surface area contributed by atoms with Gasteiger partial charge in [-0.1, -0.05) is 0 Å². The molecule has 0 atom stereocenters. The van der Waals surface area contributed by atoms with Gasteiger partial charge in [-0.3, -0.25) is 24.6 Å². The number of imide groups is 1. The minimum absolute atomic E-state index is 0.0377. The molecule has 2 fully saturated rings. The molecule has 1 aliphatic carbocycles. The number of nitrogens with zero attached hydrogens (tertiary/aromatic N) is 3. The Hall–Kier alpha value is -2.95. The molecule has 0 unspecified atom stereocenters. The number of carbonyl (C=O) groups is 2. The molecule has 1 aromatic rings. The van der Waals surface area contributed by atoms with Crippen LogP contribution in [-0.2, 0) is 9.59 Å². The smallest absolute Gasteiger partial charge is 0.293 e. The maximum atomic E-state index is 11.8. The molecule has 1 saturated heterocycles. The van der Waals surface area contributed by atoms with Crippen molar-refractivity contribution in [3.63, 3.8) is 0 Å². The average molecular weight is 342 g/mol. The third-order valence-corrected chi connectivity index (χ3v) is 4.84. The zero-order valence-electron chi connectivity index (χ0n) is 13.6. The number of anilines is 1. The van der Waals surface area contributed by atoms with Gasteiger partial charge < -0.3 is 5.32 Å². The van der Waals surface area contributed by atoms with Crippen LogP contribution in [0.4, 0.5) is 11.4 Å². The highest BCUT2D eigenvalue weighted by Gasteiger charge is 2.37. The lowest BCUT2D eigenvalue weighted by Gasteiger charge is -2.34. The molecule has 0 spiro atoms. The summed E-state index contributed by atoms with van der Waals surface area (Å²) in [5.74, 6) is -0.187. The molecule has 1 heterocycles. The maximum absolute atomic E-state index is 11.8. The zero-order chi connectivity index (χ0) is 18.0. The Morgan fingerprint density at radius 1 is 1.16 bits per heavy atom. The molecule has 0 aromatic heterocycles. The molecule has 8 nitrogen and oxygen atoms in total. The van der Waals surface area contributed by atoms with Crippen LogP contribution >= 0.6 is 0 Å². The van der Waals surface area contributed by atoms with Crippen LogP contribution in [0.5, 0.6) is 0 Å². The van der Waals surface area contributed by atoms with E-state index in [9.17, 15) is 19.7 Å². The molecule has 25 heavy (non-hydrogen) atoms. The van der Waals surface area contributed by atoms with Gasteiger partial charge in [-0.05, 0) is 37.8 Å². The van der Waals surface area contributed by atoms with Crippen molar-refractivity contribution >= 4 is 23.2 Å². The second-order valence-electron chi connectivity index (χ2n) is 6.41. The van der Waals surface area contributed by atoms with Gasteiger partial charge >= 0.3 is 0 Å². The SMILES string of the molecule is N#Cc1ccc(NC2CCC(N3C(=O)CCC3=O)CC2)c([N+](=O)[O-])c1. The molecule has 3 rings (SSSR count). The number of amides is 2. The standard InChI is InChI=1S/C17H18N4O4/c18-10-11-1-6-14(15(9-11)21(24)25)19-12-2-4-13(5-3-12)20-16(22)7-8-17(20)23/h1,6,9,12-13,19H,2-5,7-8H2. The number of benzene rings is 1. The molecule has 8 heteroatoms. The third kappa shape index (κ3) is 3.45. The lowest BCUT2D eigenvalue weighted by molar-refractivity contribution is -0.384. The molecule has 0 radical (unpaired) electrons. The van der Waals surface area contributed by atoms with Crippen molar-refractivity contribution in [2.75, 3.05) is 5.32 Å². The van der Waals surface area contributed by atoms with Crippen molar-refractivity contribution < 1.29 is 14.5 Å². The summed E-state index contributed by atoms with van der Waals surface area (Å²) in [5.41, 5.74) is 0.513. The Kier molecular flexibility index (Phi) is 4.65. The molecule has 0 bridgehead atoms. The molecule has 1 aromatic carbocycles. The van der Waals surface area contributed by atoms with E-state index < -0.39 is 4.92 Å². The van der Waals surface area contributed by atoms with E-state index in [1.807, 2.05) is 6.07 Å². The minimum Gasteiger partial charge on any atom is -0.377 e. The van der Waals surface area contributed by atoms with Crippen LogP contribution in [0, 0.1) is 21.4 Å². The van der Waals surface area contributed by atoms with Gasteiger partial charge in [0, 0.05) is 31.0 Å². The normalized spacial score (nSPS) is 23.4. The first-order valence-corrected chi connectivity index (χ1v) is 8.29. The maximum Gasteiger partial charge on any atom is 0.293 e. The van der Waals surface area contributed by atoms with Crippen LogP contribution in [0.25, 0.3) is 0 Å². The predicted molar refractivity (Wildman–Crippen MR) is 88.6 cm³/mol. The average Bonchev–Trinajstić information content (AvgIpc) is 2.94. The number of hydrogen-bond acceptors (Lipinski definition) is 6. The summed E-state index contributed by atoms with van der Waals surface area (Å²) >= 11 is 0. The van der Waals surface area contributed by atoms with Crippen molar-refractivity contribution in [3.8, 4) is 6.07 Å². The fourth-order valence-electron chi connectivity index (χ4n) is 3.57. The number of rotatable bonds is 4. The molecule has 1 saturated carbocycles. The molecular formula is C17H18N4O4. The van der Waals surface area contributed by atoms with Crippen molar-refractivity contribution in [3.05, 3.63) is 33.9 Å². The summed E-state index contributed by atoms with van der Waals surface area (Å²) in [6, 6.07) is 6.23. The second-order valence-corrected chi connectivity index (χ2v) is 6.41. The Morgan fingerprint density at radius 2 is 1.80 bits per heavy atom. The van der Waals surface area contributed by atoms with Crippen molar-refractivity contribution in [2.24, 2.45) is 0 Å². The number of nitriles is 1. The van der Waals surface area contributed by atoms with Gasteiger partial charge in [-0.15, -0.1) is 0 Å². The van der Waals surface area contributed by atoms with Gasteiger partial charge in [0.2, 0.25) is 11.8 Å². The monoisotopic (exact) mass is 342 g/mol. The highest BCUT2D eigenvalue weighted by atomic mass is 16.6. The Bertz CT molecular complexity index is 746. The van der Waals surface area contributed by atoms with Crippen LogP contribution < -0.4 is 5.32 Å². The first-order valence-electron chi connectivity index (χ1n) is 8.29. The van der Waals surface area contributed by atoms with E-state index in [0.29, 0.717) is 31.4 Å². The van der Waals surface area contributed by atoms with E-state index in [1.165, 1.54) is 11.0 Å². The number of nitrogens with one attached hydrogen (secondary N) is 1. The van der Waals surface area contributed by atoms with Gasteiger partial charge in [-0.2, -0.15) is 5.26 Å². The third-order valence-electron chi connectivity index (χ3n) is 4.84. The van der Waals surface area contributed by atoms with Gasteiger partial charge in [0.1, 0.15) is 5.69 Å². The molecule has 130 valence electrons. The first-order chi connectivity index (χ1) is 12.0. The van der Waals surface area contributed by atoms with E-state index in [4.69, 9.17) is 5.26 Å². The van der Waals surface area contributed by atoms with Gasteiger partial charge in [0.15, 0.2) is 0 Å². The van der Waals surface area contributed by atoms with Gasteiger partial charge in [-0.25, -0.2) is 0 Å².